The predicted molar refractivity (Wildman–Crippen MR) is 102 cm³/mol. The van der Waals surface area contributed by atoms with Gasteiger partial charge in [-0.1, -0.05) is 28.1 Å². The zero-order valence-electron chi connectivity index (χ0n) is 15.0. The number of carbonyl (C=O) groups excluding carboxylic acids is 1. The lowest BCUT2D eigenvalue weighted by Gasteiger charge is -2.37. The molecule has 0 spiro atoms. The summed E-state index contributed by atoms with van der Waals surface area (Å²) in [6.45, 7) is 2.55. The smallest absolute Gasteiger partial charge is 0.286 e. The van der Waals surface area contributed by atoms with Crippen LogP contribution >= 0.6 is 15.9 Å². The van der Waals surface area contributed by atoms with Crippen molar-refractivity contribution in [1.82, 2.24) is 5.32 Å². The van der Waals surface area contributed by atoms with Gasteiger partial charge in [0, 0.05) is 35.6 Å². The average molecular weight is 424 g/mol. The number of aliphatic hydroxyl groups is 1. The van der Waals surface area contributed by atoms with E-state index in [9.17, 15) is 9.90 Å². The summed E-state index contributed by atoms with van der Waals surface area (Å²) in [4.78, 5) is 12.5. The highest BCUT2D eigenvalue weighted by Crippen LogP contribution is 2.39. The summed E-state index contributed by atoms with van der Waals surface area (Å²) >= 11 is 3.47. The van der Waals surface area contributed by atoms with Crippen molar-refractivity contribution >= 4 is 21.8 Å². The topological polar surface area (TPSA) is 67.8 Å². The molecule has 6 heteroatoms. The third kappa shape index (κ3) is 4.87. The van der Waals surface area contributed by atoms with E-state index < -0.39 is 6.29 Å². The van der Waals surface area contributed by atoms with E-state index in [1.54, 1.807) is 0 Å². The van der Waals surface area contributed by atoms with Crippen LogP contribution in [0.15, 0.2) is 40.6 Å². The van der Waals surface area contributed by atoms with Crippen LogP contribution in [0.25, 0.3) is 0 Å². The maximum Gasteiger partial charge on any atom is 0.286 e. The van der Waals surface area contributed by atoms with Gasteiger partial charge in [0.15, 0.2) is 5.76 Å². The molecule has 1 aliphatic heterocycles. The standard InChI is InChI=1S/C20H26BrNO4/c1-2-25-20-16(4-3-11-23)17(13-5-7-14(21)8-6-13)12-18(26-20)19(24)22-15-9-10-15/h5-8,12,15-17,20,23H,2-4,9-11H2,1H3,(H,22,24)/t16-,17+,20+/m1/s1. The fraction of sp³-hybridized carbons (Fsp3) is 0.550. The van der Waals surface area contributed by atoms with Gasteiger partial charge in [-0.15, -0.1) is 0 Å². The van der Waals surface area contributed by atoms with Crippen molar-refractivity contribution in [3.8, 4) is 0 Å². The molecule has 26 heavy (non-hydrogen) atoms. The van der Waals surface area contributed by atoms with Gasteiger partial charge in [0.25, 0.3) is 5.91 Å². The van der Waals surface area contributed by atoms with E-state index in [1.165, 1.54) is 0 Å². The Hall–Kier alpha value is -1.37. The third-order valence-electron chi connectivity index (χ3n) is 4.80. The lowest BCUT2D eigenvalue weighted by Crippen LogP contribution is -2.39. The molecule has 1 saturated carbocycles. The van der Waals surface area contributed by atoms with E-state index in [2.05, 4.69) is 33.4 Å². The number of benzene rings is 1. The first-order chi connectivity index (χ1) is 12.6. The highest BCUT2D eigenvalue weighted by Gasteiger charge is 2.38. The van der Waals surface area contributed by atoms with Crippen molar-refractivity contribution < 1.29 is 19.4 Å². The second kappa shape index (κ2) is 9.02. The minimum absolute atomic E-state index is 0.0000898. The first kappa shape index (κ1) is 19.4. The zero-order chi connectivity index (χ0) is 18.5. The van der Waals surface area contributed by atoms with Gasteiger partial charge in [-0.2, -0.15) is 0 Å². The third-order valence-corrected chi connectivity index (χ3v) is 5.33. The van der Waals surface area contributed by atoms with E-state index in [4.69, 9.17) is 9.47 Å². The molecule has 3 atom stereocenters. The van der Waals surface area contributed by atoms with E-state index in [0.29, 0.717) is 18.8 Å². The number of rotatable bonds is 8. The van der Waals surface area contributed by atoms with Crippen LogP contribution in [0.1, 0.15) is 44.1 Å². The second-order valence-corrected chi connectivity index (χ2v) is 7.74. The fourth-order valence-corrected chi connectivity index (χ4v) is 3.58. The predicted octanol–water partition coefficient (Wildman–Crippen LogP) is 3.48. The molecule has 1 aliphatic carbocycles. The van der Waals surface area contributed by atoms with Crippen LogP contribution in [0, 0.1) is 5.92 Å². The Balaban J connectivity index is 1.90. The molecule has 0 saturated heterocycles. The van der Waals surface area contributed by atoms with Gasteiger partial charge in [0.1, 0.15) is 0 Å². The molecule has 142 valence electrons. The quantitative estimate of drug-likeness (QED) is 0.671. The second-order valence-electron chi connectivity index (χ2n) is 6.83. The van der Waals surface area contributed by atoms with Gasteiger partial charge < -0.3 is 19.9 Å². The number of carbonyl (C=O) groups is 1. The molecule has 1 fully saturated rings. The van der Waals surface area contributed by atoms with Crippen LogP contribution in [0.2, 0.25) is 0 Å². The minimum Gasteiger partial charge on any atom is -0.459 e. The summed E-state index contributed by atoms with van der Waals surface area (Å²) in [5, 5.41) is 12.3. The van der Waals surface area contributed by atoms with Crippen LogP contribution in [0.3, 0.4) is 0 Å². The number of hydrogen-bond acceptors (Lipinski definition) is 4. The number of amides is 1. The summed E-state index contributed by atoms with van der Waals surface area (Å²) in [7, 11) is 0. The first-order valence-electron chi connectivity index (χ1n) is 9.29. The van der Waals surface area contributed by atoms with Crippen LogP contribution in [-0.4, -0.2) is 36.6 Å². The van der Waals surface area contributed by atoms with Gasteiger partial charge in [0.2, 0.25) is 6.29 Å². The molecule has 1 amide bonds. The molecule has 5 nitrogen and oxygen atoms in total. The van der Waals surface area contributed by atoms with Gasteiger partial charge in [-0.05, 0) is 56.4 Å². The largest absolute Gasteiger partial charge is 0.459 e. The normalized spacial score (nSPS) is 25.3. The Morgan fingerprint density at radius 3 is 2.69 bits per heavy atom. The van der Waals surface area contributed by atoms with Crippen molar-refractivity contribution in [1.29, 1.82) is 0 Å². The van der Waals surface area contributed by atoms with Crippen LogP contribution in [0.4, 0.5) is 0 Å². The number of ether oxygens (including phenoxy) is 2. The Bertz CT molecular complexity index is 642. The van der Waals surface area contributed by atoms with Gasteiger partial charge in [-0.25, -0.2) is 0 Å². The summed E-state index contributed by atoms with van der Waals surface area (Å²) in [5.41, 5.74) is 1.11. The molecule has 2 aliphatic rings. The lowest BCUT2D eigenvalue weighted by molar-refractivity contribution is -0.166. The Labute approximate surface area is 162 Å². The van der Waals surface area contributed by atoms with Crippen LogP contribution in [0.5, 0.6) is 0 Å². The lowest BCUT2D eigenvalue weighted by atomic mass is 9.80. The Morgan fingerprint density at radius 2 is 2.08 bits per heavy atom. The van der Waals surface area contributed by atoms with Crippen molar-refractivity contribution in [2.45, 2.75) is 50.9 Å². The molecular weight excluding hydrogens is 398 g/mol. The number of allylic oxidation sites excluding steroid dienone is 1. The van der Waals surface area contributed by atoms with Gasteiger partial charge >= 0.3 is 0 Å². The van der Waals surface area contributed by atoms with E-state index >= 15 is 0 Å². The summed E-state index contributed by atoms with van der Waals surface area (Å²) in [6.07, 6.45) is 4.91. The van der Waals surface area contributed by atoms with Crippen LogP contribution in [-0.2, 0) is 14.3 Å². The monoisotopic (exact) mass is 423 g/mol. The van der Waals surface area contributed by atoms with Crippen molar-refractivity contribution in [3.63, 3.8) is 0 Å². The van der Waals surface area contributed by atoms with E-state index in [1.807, 2.05) is 25.1 Å². The number of nitrogens with one attached hydrogen (secondary N) is 1. The van der Waals surface area contributed by atoms with E-state index in [-0.39, 0.29) is 30.4 Å². The Kier molecular flexibility index (Phi) is 6.73. The van der Waals surface area contributed by atoms with Gasteiger partial charge in [-0.3, -0.25) is 4.79 Å². The molecule has 2 N–H and O–H groups in total. The molecule has 0 bridgehead atoms. The minimum atomic E-state index is -0.495. The van der Waals surface area contributed by atoms with E-state index in [0.717, 1.165) is 29.3 Å². The summed E-state index contributed by atoms with van der Waals surface area (Å²) in [6, 6.07) is 8.39. The molecule has 3 rings (SSSR count). The molecular formula is C20H26BrNO4. The highest BCUT2D eigenvalue weighted by molar-refractivity contribution is 9.10. The Morgan fingerprint density at radius 1 is 1.35 bits per heavy atom. The maximum absolute atomic E-state index is 12.5. The highest BCUT2D eigenvalue weighted by atomic mass is 79.9. The molecule has 1 aromatic carbocycles. The van der Waals surface area contributed by atoms with Crippen molar-refractivity contribution in [3.05, 3.63) is 46.1 Å². The van der Waals surface area contributed by atoms with Gasteiger partial charge in [0.05, 0.1) is 0 Å². The summed E-state index contributed by atoms with van der Waals surface area (Å²) in [5.74, 6) is 0.212. The fourth-order valence-electron chi connectivity index (χ4n) is 3.31. The number of aliphatic hydroxyl groups excluding tert-OH is 1. The zero-order valence-corrected chi connectivity index (χ0v) is 16.6. The first-order valence-corrected chi connectivity index (χ1v) is 10.1. The molecule has 1 heterocycles. The number of halogens is 1. The maximum atomic E-state index is 12.5. The molecule has 0 radical (unpaired) electrons. The molecule has 0 aromatic heterocycles. The SMILES string of the molecule is CCO[C@H]1OC(C(=O)NC2CC2)=C[C@@H](c2ccc(Br)cc2)[C@H]1CCCO. The van der Waals surface area contributed by atoms with Crippen molar-refractivity contribution in [2.24, 2.45) is 5.92 Å². The van der Waals surface area contributed by atoms with Crippen molar-refractivity contribution in [2.75, 3.05) is 13.2 Å². The van der Waals surface area contributed by atoms with Crippen LogP contribution < -0.4 is 5.32 Å². The molecule has 1 aromatic rings. The number of hydrogen-bond donors (Lipinski definition) is 2. The summed E-state index contributed by atoms with van der Waals surface area (Å²) < 4.78 is 12.8. The average Bonchev–Trinajstić information content (AvgIpc) is 3.45. The molecule has 0 unspecified atom stereocenters.